The summed E-state index contributed by atoms with van der Waals surface area (Å²) in [6.45, 7) is 10.6. The van der Waals surface area contributed by atoms with Crippen LogP contribution in [0.25, 0.3) is 0 Å². The van der Waals surface area contributed by atoms with E-state index in [1.54, 1.807) is 20.8 Å². The van der Waals surface area contributed by atoms with E-state index in [0.29, 0.717) is 19.3 Å². The van der Waals surface area contributed by atoms with Crippen LogP contribution >= 0.6 is 0 Å². The molecule has 3 aliphatic rings. The van der Waals surface area contributed by atoms with Crippen molar-refractivity contribution >= 4 is 29.5 Å². The molecule has 0 aromatic carbocycles. The van der Waals surface area contributed by atoms with Gasteiger partial charge in [0, 0.05) is 19.4 Å². The van der Waals surface area contributed by atoms with E-state index in [9.17, 15) is 24.0 Å². The van der Waals surface area contributed by atoms with E-state index in [-0.39, 0.29) is 24.5 Å². The predicted octanol–water partition coefficient (Wildman–Crippen LogP) is 3.83. The molecule has 226 valence electrons. The van der Waals surface area contributed by atoms with Gasteiger partial charge in [0.05, 0.1) is 17.7 Å². The van der Waals surface area contributed by atoms with Crippen LogP contribution in [0, 0.1) is 5.92 Å². The number of ether oxygens (including phenoxy) is 2. The molecule has 0 radical (unpaired) electrons. The minimum atomic E-state index is -0.928. The number of hydrogen-bond donors (Lipinski definition) is 2. The molecule has 3 heterocycles. The fourth-order valence-corrected chi connectivity index (χ4v) is 6.27. The Balaban J connectivity index is 1.91. The van der Waals surface area contributed by atoms with E-state index < -0.39 is 52.9 Å². The fraction of sp³-hybridized carbons (Fsp3) is 0.833. The molecule has 0 aromatic rings. The van der Waals surface area contributed by atoms with E-state index in [2.05, 4.69) is 10.6 Å². The SMILES string of the molecule is CC(=O)C(=O)[C@@H]1CCCCCCCCCC[C@H](NC(=O)OC(C)(C)C)C(=O)N2C[C@@H]3OC(C)(C)C[C@@H]3[C@H]2C(=O)N1. The number of carbonyl (C=O) groups is 5. The van der Waals surface area contributed by atoms with Crippen LogP contribution in [0.3, 0.4) is 0 Å². The van der Waals surface area contributed by atoms with E-state index in [4.69, 9.17) is 9.47 Å². The Hall–Kier alpha value is -2.49. The molecule has 0 bridgehead atoms. The van der Waals surface area contributed by atoms with Crippen LogP contribution < -0.4 is 10.6 Å². The quantitative estimate of drug-likeness (QED) is 0.499. The predicted molar refractivity (Wildman–Crippen MR) is 150 cm³/mol. The van der Waals surface area contributed by atoms with Crippen molar-refractivity contribution in [2.24, 2.45) is 5.92 Å². The van der Waals surface area contributed by atoms with Gasteiger partial charge >= 0.3 is 6.09 Å². The molecule has 0 spiro atoms. The van der Waals surface area contributed by atoms with Crippen LogP contribution in [0.5, 0.6) is 0 Å². The lowest BCUT2D eigenvalue weighted by Crippen LogP contribution is -2.57. The van der Waals surface area contributed by atoms with Crippen molar-refractivity contribution in [3.8, 4) is 0 Å². The minimum absolute atomic E-state index is 0.211. The lowest BCUT2D eigenvalue weighted by atomic mass is 9.89. The maximum absolute atomic E-state index is 14.0. The van der Waals surface area contributed by atoms with Crippen LogP contribution in [0.4, 0.5) is 4.79 Å². The molecule has 0 aromatic heterocycles. The van der Waals surface area contributed by atoms with Gasteiger partial charge in [0.25, 0.3) is 0 Å². The molecule has 3 fully saturated rings. The van der Waals surface area contributed by atoms with Gasteiger partial charge in [-0.15, -0.1) is 0 Å². The average Bonchev–Trinajstić information content (AvgIpc) is 3.32. The van der Waals surface area contributed by atoms with E-state index in [0.717, 1.165) is 51.4 Å². The molecule has 10 heteroatoms. The highest BCUT2D eigenvalue weighted by molar-refractivity contribution is 6.38. The van der Waals surface area contributed by atoms with Crippen LogP contribution in [0.2, 0.25) is 0 Å². The number of nitrogens with one attached hydrogen (secondary N) is 2. The zero-order valence-electron chi connectivity index (χ0n) is 25.2. The number of rotatable bonds is 3. The highest BCUT2D eigenvalue weighted by Crippen LogP contribution is 2.43. The molecule has 3 rings (SSSR count). The third-order valence-corrected chi connectivity index (χ3v) is 8.05. The summed E-state index contributed by atoms with van der Waals surface area (Å²) in [4.78, 5) is 66.9. The van der Waals surface area contributed by atoms with Crippen LogP contribution in [-0.2, 0) is 28.7 Å². The van der Waals surface area contributed by atoms with Gasteiger partial charge in [-0.25, -0.2) is 4.79 Å². The third-order valence-electron chi connectivity index (χ3n) is 8.05. The maximum atomic E-state index is 14.0. The van der Waals surface area contributed by atoms with E-state index in [1.807, 2.05) is 13.8 Å². The number of alkyl carbamates (subject to hydrolysis) is 1. The molecule has 3 saturated heterocycles. The number of hydrogen-bond acceptors (Lipinski definition) is 7. The highest BCUT2D eigenvalue weighted by Gasteiger charge is 2.56. The zero-order chi connectivity index (χ0) is 29.7. The first-order valence-electron chi connectivity index (χ1n) is 15.0. The molecule has 0 aliphatic carbocycles. The number of nitrogens with zero attached hydrogens (tertiary/aromatic N) is 1. The molecule has 10 nitrogen and oxygen atoms in total. The van der Waals surface area contributed by atoms with Gasteiger partial charge < -0.3 is 25.0 Å². The van der Waals surface area contributed by atoms with Gasteiger partial charge in [-0.1, -0.05) is 51.4 Å². The third kappa shape index (κ3) is 8.75. The number of carbonyl (C=O) groups excluding carboxylic acids is 5. The molecular formula is C30H49N3O7. The van der Waals surface area contributed by atoms with E-state index >= 15 is 0 Å². The number of ketones is 2. The largest absolute Gasteiger partial charge is 0.444 e. The van der Waals surface area contributed by atoms with Crippen molar-refractivity contribution < 1.29 is 33.4 Å². The van der Waals surface area contributed by atoms with Gasteiger partial charge in [0.2, 0.25) is 17.6 Å². The van der Waals surface area contributed by atoms with Crippen molar-refractivity contribution in [1.82, 2.24) is 15.5 Å². The summed E-state index contributed by atoms with van der Waals surface area (Å²) in [5, 5.41) is 5.61. The molecule has 0 unspecified atom stereocenters. The summed E-state index contributed by atoms with van der Waals surface area (Å²) in [5.74, 6) is -2.30. The topological polar surface area (TPSA) is 131 Å². The zero-order valence-corrected chi connectivity index (χ0v) is 25.2. The normalized spacial score (nSPS) is 30.4. The number of fused-ring (bicyclic) bond motifs is 3. The Morgan fingerprint density at radius 2 is 1.55 bits per heavy atom. The van der Waals surface area contributed by atoms with Crippen molar-refractivity contribution in [3.63, 3.8) is 0 Å². The maximum Gasteiger partial charge on any atom is 0.408 e. The molecule has 2 N–H and O–H groups in total. The van der Waals surface area contributed by atoms with Gasteiger partial charge in [-0.05, 0) is 53.9 Å². The smallest absolute Gasteiger partial charge is 0.408 e. The first kappa shape index (κ1) is 32.0. The monoisotopic (exact) mass is 563 g/mol. The van der Waals surface area contributed by atoms with Gasteiger partial charge in [-0.2, -0.15) is 0 Å². The molecule has 3 aliphatic heterocycles. The Bertz CT molecular complexity index is 957. The highest BCUT2D eigenvalue weighted by atomic mass is 16.6. The second-order valence-electron chi connectivity index (χ2n) is 13.3. The second-order valence-corrected chi connectivity index (χ2v) is 13.3. The Labute approximate surface area is 238 Å². The minimum Gasteiger partial charge on any atom is -0.444 e. The number of amides is 3. The summed E-state index contributed by atoms with van der Waals surface area (Å²) in [6.07, 6.45) is 7.84. The Morgan fingerprint density at radius 1 is 0.975 bits per heavy atom. The Kier molecular flexibility index (Phi) is 10.8. The van der Waals surface area contributed by atoms with Gasteiger partial charge in [0.1, 0.15) is 17.7 Å². The van der Waals surface area contributed by atoms with Gasteiger partial charge in [-0.3, -0.25) is 19.2 Å². The summed E-state index contributed by atoms with van der Waals surface area (Å²) >= 11 is 0. The van der Waals surface area contributed by atoms with Crippen LogP contribution in [-0.4, -0.2) is 76.4 Å². The van der Waals surface area contributed by atoms with Crippen molar-refractivity contribution in [1.29, 1.82) is 0 Å². The first-order valence-corrected chi connectivity index (χ1v) is 15.0. The lowest BCUT2D eigenvalue weighted by molar-refractivity contribution is -0.143. The summed E-state index contributed by atoms with van der Waals surface area (Å²) < 4.78 is 11.7. The van der Waals surface area contributed by atoms with Crippen molar-refractivity contribution in [2.45, 2.75) is 148 Å². The van der Waals surface area contributed by atoms with Crippen LogP contribution in [0.1, 0.15) is 112 Å². The van der Waals surface area contributed by atoms with Crippen molar-refractivity contribution in [2.75, 3.05) is 6.54 Å². The summed E-state index contributed by atoms with van der Waals surface area (Å²) in [7, 11) is 0. The average molecular weight is 564 g/mol. The summed E-state index contributed by atoms with van der Waals surface area (Å²) in [5.41, 5.74) is -1.18. The second kappa shape index (κ2) is 13.4. The van der Waals surface area contributed by atoms with E-state index in [1.165, 1.54) is 11.8 Å². The molecule has 40 heavy (non-hydrogen) atoms. The molecular weight excluding hydrogens is 514 g/mol. The van der Waals surface area contributed by atoms with Crippen molar-refractivity contribution in [3.05, 3.63) is 0 Å². The molecule has 3 amide bonds. The van der Waals surface area contributed by atoms with Crippen LogP contribution in [0.15, 0.2) is 0 Å². The lowest BCUT2D eigenvalue weighted by Gasteiger charge is -2.33. The summed E-state index contributed by atoms with van der Waals surface area (Å²) in [6, 6.07) is -2.66. The molecule has 0 saturated carbocycles. The van der Waals surface area contributed by atoms with Gasteiger partial charge in [0.15, 0.2) is 5.78 Å². The first-order chi connectivity index (χ1) is 18.7. The fourth-order valence-electron chi connectivity index (χ4n) is 6.27. The number of Topliss-reactive ketones (excluding diaryl/α,β-unsaturated/α-hetero) is 2. The standard InChI is InChI=1S/C30H49N3O7/c1-19(34)25(35)21-15-13-11-9-7-8-10-12-14-16-22(32-28(38)40-29(2,3)4)27(37)33-18-23-20(17-30(5,6)39-23)24(33)26(36)31-21/h20-24H,7-18H2,1-6H3,(H,31,36)(H,32,38)/t20-,21-,22-,23-,24-/m0/s1. The Morgan fingerprint density at radius 3 is 2.12 bits per heavy atom. The molecule has 5 atom stereocenters.